The van der Waals surface area contributed by atoms with Crippen molar-refractivity contribution in [2.45, 2.75) is 63.8 Å². The molecule has 3 rings (SSSR count). The van der Waals surface area contributed by atoms with Gasteiger partial charge < -0.3 is 10.2 Å². The Balaban J connectivity index is 1.50. The molecule has 3 heteroatoms. The second kappa shape index (κ2) is 5.77. The SMILES string of the molecule is S=C(NC1CCCCC1)N1CC2CCCCC2C1. The molecular weight excluding hydrogens is 240 g/mol. The summed E-state index contributed by atoms with van der Waals surface area (Å²) in [7, 11) is 0. The van der Waals surface area contributed by atoms with E-state index in [9.17, 15) is 0 Å². The minimum atomic E-state index is 0.661. The molecule has 0 aromatic rings. The molecule has 2 unspecified atom stereocenters. The lowest BCUT2D eigenvalue weighted by atomic mass is 9.82. The van der Waals surface area contributed by atoms with Crippen LogP contribution in [0, 0.1) is 11.8 Å². The van der Waals surface area contributed by atoms with E-state index in [1.54, 1.807) is 0 Å². The number of nitrogens with one attached hydrogen (secondary N) is 1. The second-order valence-electron chi connectivity index (χ2n) is 6.49. The summed E-state index contributed by atoms with van der Waals surface area (Å²) in [6.07, 6.45) is 12.6. The van der Waals surface area contributed by atoms with Crippen LogP contribution in [0.25, 0.3) is 0 Å². The van der Waals surface area contributed by atoms with Crippen LogP contribution in [0.5, 0.6) is 0 Å². The van der Waals surface area contributed by atoms with Gasteiger partial charge in [-0.25, -0.2) is 0 Å². The van der Waals surface area contributed by atoms with Gasteiger partial charge in [0, 0.05) is 19.1 Å². The Bertz CT molecular complexity index is 285. The summed E-state index contributed by atoms with van der Waals surface area (Å²) in [5.74, 6) is 1.87. The maximum Gasteiger partial charge on any atom is 0.169 e. The average Bonchev–Trinajstić information content (AvgIpc) is 2.84. The molecule has 102 valence electrons. The van der Waals surface area contributed by atoms with Crippen molar-refractivity contribution < 1.29 is 0 Å². The molecule has 1 aliphatic heterocycles. The van der Waals surface area contributed by atoms with Crippen molar-refractivity contribution >= 4 is 17.3 Å². The van der Waals surface area contributed by atoms with Crippen LogP contribution < -0.4 is 5.32 Å². The number of rotatable bonds is 1. The number of nitrogens with zero attached hydrogens (tertiary/aromatic N) is 1. The van der Waals surface area contributed by atoms with Crippen LogP contribution in [0.3, 0.4) is 0 Å². The molecule has 0 radical (unpaired) electrons. The molecule has 0 aromatic heterocycles. The Hall–Kier alpha value is -0.310. The molecule has 2 nitrogen and oxygen atoms in total. The number of likely N-dealkylation sites (tertiary alicyclic amines) is 1. The van der Waals surface area contributed by atoms with Crippen molar-refractivity contribution in [1.82, 2.24) is 10.2 Å². The van der Waals surface area contributed by atoms with Crippen molar-refractivity contribution in [1.29, 1.82) is 0 Å². The molecular formula is C15H26N2S. The molecule has 0 spiro atoms. The van der Waals surface area contributed by atoms with Gasteiger partial charge in [0.05, 0.1) is 0 Å². The predicted molar refractivity (Wildman–Crippen MR) is 79.6 cm³/mol. The van der Waals surface area contributed by atoms with Gasteiger partial charge in [0.2, 0.25) is 0 Å². The van der Waals surface area contributed by atoms with Gasteiger partial charge in [-0.2, -0.15) is 0 Å². The van der Waals surface area contributed by atoms with Crippen LogP contribution in [0.1, 0.15) is 57.8 Å². The van der Waals surface area contributed by atoms with Crippen molar-refractivity contribution in [2.24, 2.45) is 11.8 Å². The van der Waals surface area contributed by atoms with E-state index >= 15 is 0 Å². The fraction of sp³-hybridized carbons (Fsp3) is 0.933. The number of hydrogen-bond acceptors (Lipinski definition) is 1. The summed E-state index contributed by atoms with van der Waals surface area (Å²) in [5, 5.41) is 4.68. The zero-order valence-corrected chi connectivity index (χ0v) is 12.2. The van der Waals surface area contributed by atoms with Crippen LogP contribution in [-0.4, -0.2) is 29.1 Å². The van der Waals surface area contributed by atoms with Crippen LogP contribution in [0.2, 0.25) is 0 Å². The van der Waals surface area contributed by atoms with E-state index in [0.29, 0.717) is 6.04 Å². The quantitative estimate of drug-likeness (QED) is 0.733. The van der Waals surface area contributed by atoms with Gasteiger partial charge in [-0.15, -0.1) is 0 Å². The second-order valence-corrected chi connectivity index (χ2v) is 6.88. The highest BCUT2D eigenvalue weighted by Crippen LogP contribution is 2.36. The summed E-state index contributed by atoms with van der Waals surface area (Å²) < 4.78 is 0. The lowest BCUT2D eigenvalue weighted by Crippen LogP contribution is -2.44. The Morgan fingerprint density at radius 2 is 1.39 bits per heavy atom. The van der Waals surface area contributed by atoms with Gasteiger partial charge in [-0.05, 0) is 49.7 Å². The minimum Gasteiger partial charge on any atom is -0.360 e. The largest absolute Gasteiger partial charge is 0.360 e. The Labute approximate surface area is 116 Å². The molecule has 2 aliphatic carbocycles. The lowest BCUT2D eigenvalue weighted by Gasteiger charge is -2.28. The highest BCUT2D eigenvalue weighted by molar-refractivity contribution is 7.80. The first-order valence-corrected chi connectivity index (χ1v) is 8.29. The molecule has 2 saturated carbocycles. The zero-order chi connectivity index (χ0) is 12.4. The third-order valence-electron chi connectivity index (χ3n) is 5.20. The highest BCUT2D eigenvalue weighted by atomic mass is 32.1. The molecule has 1 N–H and O–H groups in total. The van der Waals surface area contributed by atoms with Crippen LogP contribution in [-0.2, 0) is 0 Å². The first-order valence-electron chi connectivity index (χ1n) is 7.88. The Morgan fingerprint density at radius 3 is 2.00 bits per heavy atom. The van der Waals surface area contributed by atoms with Crippen molar-refractivity contribution in [2.75, 3.05) is 13.1 Å². The molecule has 18 heavy (non-hydrogen) atoms. The summed E-state index contributed by atoms with van der Waals surface area (Å²) in [6.45, 7) is 2.45. The highest BCUT2D eigenvalue weighted by Gasteiger charge is 2.35. The summed E-state index contributed by atoms with van der Waals surface area (Å²) in [5.41, 5.74) is 0. The summed E-state index contributed by atoms with van der Waals surface area (Å²) >= 11 is 5.63. The van der Waals surface area contributed by atoms with Gasteiger partial charge in [0.1, 0.15) is 0 Å². The van der Waals surface area contributed by atoms with Crippen LogP contribution in [0.4, 0.5) is 0 Å². The minimum absolute atomic E-state index is 0.661. The standard InChI is InChI=1S/C15H26N2S/c18-15(16-14-8-2-1-3-9-14)17-10-12-6-4-5-7-13(12)11-17/h12-14H,1-11H2,(H,16,18). The number of hydrogen-bond donors (Lipinski definition) is 1. The number of fused-ring (bicyclic) bond motifs is 1. The fourth-order valence-electron chi connectivity index (χ4n) is 4.08. The lowest BCUT2D eigenvalue weighted by molar-refractivity contribution is 0.299. The molecule has 1 saturated heterocycles. The van der Waals surface area contributed by atoms with E-state index in [-0.39, 0.29) is 0 Å². The smallest absolute Gasteiger partial charge is 0.169 e. The van der Waals surface area contributed by atoms with Crippen LogP contribution in [0.15, 0.2) is 0 Å². The normalized spacial score (nSPS) is 33.2. The molecule has 0 bridgehead atoms. The van der Waals surface area contributed by atoms with Gasteiger partial charge in [0.15, 0.2) is 5.11 Å². The first kappa shape index (κ1) is 12.7. The van der Waals surface area contributed by atoms with Gasteiger partial charge in [0.25, 0.3) is 0 Å². The van der Waals surface area contributed by atoms with E-state index in [0.717, 1.165) is 16.9 Å². The van der Waals surface area contributed by atoms with Crippen molar-refractivity contribution in [3.05, 3.63) is 0 Å². The van der Waals surface area contributed by atoms with E-state index in [2.05, 4.69) is 10.2 Å². The Kier molecular flexibility index (Phi) is 4.07. The predicted octanol–water partition coefficient (Wildman–Crippen LogP) is 3.32. The molecule has 0 amide bonds. The number of thiocarbonyl (C=S) groups is 1. The first-order chi connectivity index (χ1) is 8.83. The maximum absolute atomic E-state index is 5.63. The van der Waals surface area contributed by atoms with Gasteiger partial charge >= 0.3 is 0 Å². The molecule has 3 aliphatic rings. The topological polar surface area (TPSA) is 15.3 Å². The third-order valence-corrected chi connectivity index (χ3v) is 5.57. The third kappa shape index (κ3) is 2.81. The van der Waals surface area contributed by atoms with Crippen molar-refractivity contribution in [3.63, 3.8) is 0 Å². The average molecular weight is 266 g/mol. The van der Waals surface area contributed by atoms with Crippen LogP contribution >= 0.6 is 12.2 Å². The molecule has 3 fully saturated rings. The van der Waals surface area contributed by atoms with E-state index < -0.39 is 0 Å². The van der Waals surface area contributed by atoms with E-state index in [1.807, 2.05) is 0 Å². The zero-order valence-electron chi connectivity index (χ0n) is 11.4. The molecule has 2 atom stereocenters. The summed E-state index contributed by atoms with van der Waals surface area (Å²) in [6, 6.07) is 0.661. The fourth-order valence-corrected chi connectivity index (χ4v) is 4.40. The van der Waals surface area contributed by atoms with Gasteiger partial charge in [-0.1, -0.05) is 32.1 Å². The van der Waals surface area contributed by atoms with E-state index in [4.69, 9.17) is 12.2 Å². The molecule has 0 aromatic carbocycles. The van der Waals surface area contributed by atoms with E-state index in [1.165, 1.54) is 70.9 Å². The maximum atomic E-state index is 5.63. The Morgan fingerprint density at radius 1 is 0.833 bits per heavy atom. The molecule has 1 heterocycles. The monoisotopic (exact) mass is 266 g/mol. The van der Waals surface area contributed by atoms with Crippen molar-refractivity contribution in [3.8, 4) is 0 Å². The van der Waals surface area contributed by atoms with Gasteiger partial charge in [-0.3, -0.25) is 0 Å². The summed E-state index contributed by atoms with van der Waals surface area (Å²) in [4.78, 5) is 2.46.